The molecule has 0 saturated heterocycles. The molecule has 94 valence electrons. The van der Waals surface area contributed by atoms with Crippen molar-refractivity contribution in [2.24, 2.45) is 0 Å². The van der Waals surface area contributed by atoms with E-state index in [0.29, 0.717) is 16.3 Å². The SMILES string of the molecule is CCCCC(C(=O)O)S(=O)c1ccc(Cl)cc1. The van der Waals surface area contributed by atoms with E-state index in [2.05, 4.69) is 0 Å². The van der Waals surface area contributed by atoms with Gasteiger partial charge in [-0.25, -0.2) is 0 Å². The van der Waals surface area contributed by atoms with E-state index >= 15 is 0 Å². The second kappa shape index (κ2) is 6.77. The number of carbonyl (C=O) groups is 1. The molecule has 0 radical (unpaired) electrons. The molecule has 1 aromatic carbocycles. The van der Waals surface area contributed by atoms with Crippen molar-refractivity contribution < 1.29 is 14.1 Å². The molecule has 0 aromatic heterocycles. The van der Waals surface area contributed by atoms with Gasteiger partial charge in [0.15, 0.2) is 0 Å². The molecule has 5 heteroatoms. The topological polar surface area (TPSA) is 54.4 Å². The van der Waals surface area contributed by atoms with Crippen LogP contribution in [-0.4, -0.2) is 20.5 Å². The monoisotopic (exact) mass is 274 g/mol. The highest BCUT2D eigenvalue weighted by atomic mass is 35.5. The first-order valence-corrected chi connectivity index (χ1v) is 7.04. The summed E-state index contributed by atoms with van der Waals surface area (Å²) in [7, 11) is -1.52. The number of unbranched alkanes of at least 4 members (excludes halogenated alkanes) is 1. The van der Waals surface area contributed by atoms with Crippen molar-refractivity contribution in [1.82, 2.24) is 0 Å². The van der Waals surface area contributed by atoms with Crippen LogP contribution in [0.1, 0.15) is 26.2 Å². The molecule has 2 atom stereocenters. The molecule has 0 spiro atoms. The Hall–Kier alpha value is -0.870. The van der Waals surface area contributed by atoms with Gasteiger partial charge in [-0.05, 0) is 30.7 Å². The predicted octanol–water partition coefficient (Wildman–Crippen LogP) is 3.09. The third kappa shape index (κ3) is 4.13. The van der Waals surface area contributed by atoms with Crippen LogP contribution >= 0.6 is 11.6 Å². The highest BCUT2D eigenvalue weighted by Crippen LogP contribution is 2.18. The first-order valence-electron chi connectivity index (χ1n) is 5.45. The van der Waals surface area contributed by atoms with Crippen LogP contribution in [0.15, 0.2) is 29.2 Å². The zero-order valence-corrected chi connectivity index (χ0v) is 11.1. The second-order valence-corrected chi connectivity index (χ2v) is 5.79. The fraction of sp³-hybridized carbons (Fsp3) is 0.417. The average Bonchev–Trinajstić information content (AvgIpc) is 2.29. The van der Waals surface area contributed by atoms with Crippen LogP contribution in [0.4, 0.5) is 0 Å². The quantitative estimate of drug-likeness (QED) is 0.867. The smallest absolute Gasteiger partial charge is 0.319 e. The lowest BCUT2D eigenvalue weighted by atomic mass is 10.2. The maximum absolute atomic E-state index is 12.1. The van der Waals surface area contributed by atoms with Gasteiger partial charge in [-0.1, -0.05) is 31.4 Å². The molecular formula is C12H15ClO3S. The minimum atomic E-state index is -1.52. The summed E-state index contributed by atoms with van der Waals surface area (Å²) in [5.74, 6) is -1.01. The normalized spacial score (nSPS) is 14.2. The fourth-order valence-corrected chi connectivity index (χ4v) is 2.87. The van der Waals surface area contributed by atoms with E-state index in [1.54, 1.807) is 24.3 Å². The molecule has 0 aliphatic carbocycles. The Labute approximate surface area is 108 Å². The Bertz CT molecular complexity index is 403. The summed E-state index contributed by atoms with van der Waals surface area (Å²) >= 11 is 5.73. The van der Waals surface area contributed by atoms with Gasteiger partial charge in [0.25, 0.3) is 0 Å². The van der Waals surface area contributed by atoms with E-state index in [4.69, 9.17) is 16.7 Å². The van der Waals surface area contributed by atoms with Gasteiger partial charge in [-0.2, -0.15) is 0 Å². The summed E-state index contributed by atoms with van der Waals surface area (Å²) in [5.41, 5.74) is 0. The standard InChI is InChI=1S/C12H15ClO3S/c1-2-3-4-11(12(14)15)17(16)10-7-5-9(13)6-8-10/h5-8,11H,2-4H2,1H3,(H,14,15). The summed E-state index contributed by atoms with van der Waals surface area (Å²) in [6, 6.07) is 6.46. The summed E-state index contributed by atoms with van der Waals surface area (Å²) in [5, 5.41) is 8.78. The molecule has 1 aromatic rings. The van der Waals surface area contributed by atoms with Crippen LogP contribution in [0.2, 0.25) is 5.02 Å². The predicted molar refractivity (Wildman–Crippen MR) is 68.8 cm³/mol. The van der Waals surface area contributed by atoms with E-state index in [-0.39, 0.29) is 0 Å². The van der Waals surface area contributed by atoms with Crippen LogP contribution < -0.4 is 0 Å². The molecule has 0 aliphatic rings. The molecule has 1 rings (SSSR count). The van der Waals surface area contributed by atoms with E-state index in [1.165, 1.54) is 0 Å². The molecule has 2 unspecified atom stereocenters. The number of carboxylic acids is 1. The second-order valence-electron chi connectivity index (χ2n) is 3.72. The van der Waals surface area contributed by atoms with Gasteiger partial charge in [0.05, 0.1) is 10.8 Å². The number of hydrogen-bond acceptors (Lipinski definition) is 2. The fourth-order valence-electron chi connectivity index (χ4n) is 1.44. The number of halogens is 1. The van der Waals surface area contributed by atoms with Crippen LogP contribution in [0.25, 0.3) is 0 Å². The van der Waals surface area contributed by atoms with Gasteiger partial charge in [-0.3, -0.25) is 9.00 Å². The number of aliphatic carboxylic acids is 1. The van der Waals surface area contributed by atoms with Crippen molar-refractivity contribution in [2.75, 3.05) is 0 Å². The zero-order valence-electron chi connectivity index (χ0n) is 9.56. The Morgan fingerprint density at radius 1 is 1.41 bits per heavy atom. The van der Waals surface area contributed by atoms with E-state index in [9.17, 15) is 9.00 Å². The van der Waals surface area contributed by atoms with Crippen LogP contribution in [0, 0.1) is 0 Å². The van der Waals surface area contributed by atoms with Crippen molar-refractivity contribution in [2.45, 2.75) is 36.3 Å². The number of carboxylic acid groups (broad SMARTS) is 1. The van der Waals surface area contributed by atoms with Crippen LogP contribution in [-0.2, 0) is 15.6 Å². The number of rotatable bonds is 6. The van der Waals surface area contributed by atoms with Gasteiger partial charge >= 0.3 is 5.97 Å². The lowest BCUT2D eigenvalue weighted by Crippen LogP contribution is -2.25. The van der Waals surface area contributed by atoms with Gasteiger partial charge in [0.1, 0.15) is 5.25 Å². The summed E-state index contributed by atoms with van der Waals surface area (Å²) < 4.78 is 12.1. The first-order chi connectivity index (χ1) is 8.06. The number of hydrogen-bond donors (Lipinski definition) is 1. The molecule has 0 fully saturated rings. The van der Waals surface area contributed by atoms with Crippen molar-refractivity contribution in [3.05, 3.63) is 29.3 Å². The van der Waals surface area contributed by atoms with Gasteiger partial charge in [0, 0.05) is 9.92 Å². The lowest BCUT2D eigenvalue weighted by molar-refractivity contribution is -0.136. The molecular weight excluding hydrogens is 260 g/mol. The van der Waals surface area contributed by atoms with Crippen molar-refractivity contribution >= 4 is 28.4 Å². The Balaban J connectivity index is 2.84. The molecule has 0 amide bonds. The van der Waals surface area contributed by atoms with Crippen molar-refractivity contribution in [3.8, 4) is 0 Å². The maximum Gasteiger partial charge on any atom is 0.319 e. The molecule has 17 heavy (non-hydrogen) atoms. The Morgan fingerprint density at radius 2 is 2.00 bits per heavy atom. The van der Waals surface area contributed by atoms with Crippen LogP contribution in [0.5, 0.6) is 0 Å². The van der Waals surface area contributed by atoms with Crippen LogP contribution in [0.3, 0.4) is 0 Å². The zero-order chi connectivity index (χ0) is 12.8. The third-order valence-electron chi connectivity index (χ3n) is 2.40. The third-order valence-corrected chi connectivity index (χ3v) is 4.34. The Morgan fingerprint density at radius 3 is 2.47 bits per heavy atom. The molecule has 0 aliphatic heterocycles. The minimum absolute atomic E-state index is 0.432. The summed E-state index contributed by atoms with van der Waals surface area (Å²) in [6.07, 6.45) is 2.08. The number of benzene rings is 1. The lowest BCUT2D eigenvalue weighted by Gasteiger charge is -2.11. The molecule has 1 N–H and O–H groups in total. The van der Waals surface area contributed by atoms with Gasteiger partial charge in [0.2, 0.25) is 0 Å². The van der Waals surface area contributed by atoms with E-state index < -0.39 is 22.0 Å². The van der Waals surface area contributed by atoms with E-state index in [0.717, 1.165) is 12.8 Å². The maximum atomic E-state index is 12.1. The average molecular weight is 275 g/mol. The van der Waals surface area contributed by atoms with Gasteiger partial charge in [-0.15, -0.1) is 0 Å². The Kier molecular flexibility index (Phi) is 5.65. The summed E-state index contributed by atoms with van der Waals surface area (Å²) in [4.78, 5) is 11.6. The molecule has 0 saturated carbocycles. The molecule has 0 bridgehead atoms. The highest BCUT2D eigenvalue weighted by molar-refractivity contribution is 7.86. The highest BCUT2D eigenvalue weighted by Gasteiger charge is 2.25. The first kappa shape index (κ1) is 14.2. The molecule has 3 nitrogen and oxygen atoms in total. The minimum Gasteiger partial charge on any atom is -0.480 e. The van der Waals surface area contributed by atoms with Crippen molar-refractivity contribution in [1.29, 1.82) is 0 Å². The van der Waals surface area contributed by atoms with E-state index in [1.807, 2.05) is 6.92 Å². The largest absolute Gasteiger partial charge is 0.480 e. The van der Waals surface area contributed by atoms with Gasteiger partial charge < -0.3 is 5.11 Å². The summed E-state index contributed by atoms with van der Waals surface area (Å²) in [6.45, 7) is 1.98. The molecule has 0 heterocycles. The van der Waals surface area contributed by atoms with Crippen molar-refractivity contribution in [3.63, 3.8) is 0 Å².